The van der Waals surface area contributed by atoms with Crippen LogP contribution in [0.3, 0.4) is 0 Å². The molecule has 0 saturated heterocycles. The van der Waals surface area contributed by atoms with Gasteiger partial charge in [0.25, 0.3) is 0 Å². The Hall–Kier alpha value is -0.860. The van der Waals surface area contributed by atoms with Gasteiger partial charge in [-0.3, -0.25) is 0 Å². The smallest absolute Gasteiger partial charge is 0.0785 e. The van der Waals surface area contributed by atoms with Crippen molar-refractivity contribution in [3.63, 3.8) is 0 Å². The van der Waals surface area contributed by atoms with Crippen molar-refractivity contribution in [3.8, 4) is 0 Å². The summed E-state index contributed by atoms with van der Waals surface area (Å²) in [6.45, 7) is 9.48. The molecule has 0 amide bonds. The van der Waals surface area contributed by atoms with Crippen molar-refractivity contribution in [1.29, 1.82) is 0 Å². The minimum Gasteiger partial charge on any atom is -0.373 e. The maximum atomic E-state index is 5.70. The first-order chi connectivity index (χ1) is 7.47. The molecule has 1 rings (SSSR count). The fourth-order valence-corrected chi connectivity index (χ4v) is 1.23. The van der Waals surface area contributed by atoms with Gasteiger partial charge < -0.3 is 9.47 Å². The van der Waals surface area contributed by atoms with Crippen LogP contribution in [0.5, 0.6) is 0 Å². The third-order valence-electron chi connectivity index (χ3n) is 2.13. The van der Waals surface area contributed by atoms with Crippen LogP contribution >= 0.6 is 0 Å². The first-order valence-electron chi connectivity index (χ1n) is 5.77. The van der Waals surface area contributed by atoms with Crippen LogP contribution in [0.1, 0.15) is 33.3 Å². The van der Waals surface area contributed by atoms with Gasteiger partial charge in [-0.25, -0.2) is 0 Å². The molecule has 0 aliphatic heterocycles. The molecule has 16 heavy (non-hydrogen) atoms. The number of benzene rings is 1. The molecule has 2 heteroatoms. The Labute approximate surface area is 98.6 Å². The highest BCUT2D eigenvalue weighted by molar-refractivity contribution is 5.13. The summed E-state index contributed by atoms with van der Waals surface area (Å²) in [7, 11) is 0. The molecule has 2 nitrogen and oxygen atoms in total. The van der Waals surface area contributed by atoms with Crippen LogP contribution in [-0.4, -0.2) is 18.3 Å². The van der Waals surface area contributed by atoms with Gasteiger partial charge in [-0.05, 0) is 33.3 Å². The van der Waals surface area contributed by atoms with Gasteiger partial charge in [-0.2, -0.15) is 0 Å². The van der Waals surface area contributed by atoms with E-state index < -0.39 is 0 Å². The molecule has 0 fully saturated rings. The van der Waals surface area contributed by atoms with E-state index in [-0.39, 0.29) is 11.7 Å². The number of hydrogen-bond acceptors (Lipinski definition) is 2. The van der Waals surface area contributed by atoms with Crippen LogP contribution in [0.25, 0.3) is 0 Å². The molecule has 90 valence electrons. The molecule has 0 radical (unpaired) electrons. The Morgan fingerprint density at radius 2 is 1.75 bits per heavy atom. The summed E-state index contributed by atoms with van der Waals surface area (Å²) < 4.78 is 11.4. The molecule has 0 unspecified atom stereocenters. The van der Waals surface area contributed by atoms with Crippen molar-refractivity contribution in [2.45, 2.75) is 46.0 Å². The van der Waals surface area contributed by atoms with E-state index in [1.807, 2.05) is 25.1 Å². The third-order valence-corrected chi connectivity index (χ3v) is 2.13. The molecule has 0 saturated carbocycles. The van der Waals surface area contributed by atoms with Gasteiger partial charge in [0.15, 0.2) is 0 Å². The van der Waals surface area contributed by atoms with Crippen molar-refractivity contribution in [2.24, 2.45) is 0 Å². The van der Waals surface area contributed by atoms with E-state index in [0.29, 0.717) is 13.2 Å². The highest BCUT2D eigenvalue weighted by atomic mass is 16.5. The van der Waals surface area contributed by atoms with E-state index in [4.69, 9.17) is 9.47 Å². The number of rotatable bonds is 5. The molecule has 0 spiro atoms. The number of hydrogen-bond donors (Lipinski definition) is 0. The molecule has 0 aliphatic rings. The number of ether oxygens (including phenoxy) is 2. The first-order valence-corrected chi connectivity index (χ1v) is 5.77. The van der Waals surface area contributed by atoms with Crippen LogP contribution in [-0.2, 0) is 16.1 Å². The van der Waals surface area contributed by atoms with Gasteiger partial charge in [0.05, 0.1) is 24.9 Å². The molecule has 1 aromatic carbocycles. The van der Waals surface area contributed by atoms with Crippen molar-refractivity contribution in [2.75, 3.05) is 6.61 Å². The monoisotopic (exact) mass is 222 g/mol. The molecule has 0 N–H and O–H groups in total. The second kappa shape index (κ2) is 6.02. The summed E-state index contributed by atoms with van der Waals surface area (Å²) in [6, 6.07) is 10.2. The topological polar surface area (TPSA) is 18.5 Å². The highest BCUT2D eigenvalue weighted by Crippen LogP contribution is 2.09. The van der Waals surface area contributed by atoms with E-state index in [9.17, 15) is 0 Å². The second-order valence-corrected chi connectivity index (χ2v) is 5.03. The Bertz CT molecular complexity index is 287. The third kappa shape index (κ3) is 5.89. The quantitative estimate of drug-likeness (QED) is 0.760. The van der Waals surface area contributed by atoms with Crippen LogP contribution in [0, 0.1) is 0 Å². The van der Waals surface area contributed by atoms with Gasteiger partial charge in [0.1, 0.15) is 0 Å². The normalized spacial score (nSPS) is 13.8. The fraction of sp³-hybridized carbons (Fsp3) is 0.571. The lowest BCUT2D eigenvalue weighted by Crippen LogP contribution is -2.26. The Kier molecular flexibility index (Phi) is 4.97. The van der Waals surface area contributed by atoms with E-state index in [1.54, 1.807) is 0 Å². The van der Waals surface area contributed by atoms with Crippen LogP contribution in [0.15, 0.2) is 30.3 Å². The van der Waals surface area contributed by atoms with E-state index >= 15 is 0 Å². The zero-order chi connectivity index (χ0) is 12.0. The lowest BCUT2D eigenvalue weighted by molar-refractivity contribution is -0.0707. The summed E-state index contributed by atoms with van der Waals surface area (Å²) in [5, 5.41) is 0. The first kappa shape index (κ1) is 13.2. The van der Waals surface area contributed by atoms with Crippen LogP contribution in [0.2, 0.25) is 0 Å². The highest BCUT2D eigenvalue weighted by Gasteiger charge is 2.12. The molecule has 1 atom stereocenters. The van der Waals surface area contributed by atoms with Crippen molar-refractivity contribution < 1.29 is 9.47 Å². The van der Waals surface area contributed by atoms with Gasteiger partial charge in [-0.15, -0.1) is 0 Å². The fourth-order valence-electron chi connectivity index (χ4n) is 1.23. The van der Waals surface area contributed by atoms with Gasteiger partial charge in [0.2, 0.25) is 0 Å². The van der Waals surface area contributed by atoms with Crippen molar-refractivity contribution >= 4 is 0 Å². The molecule has 0 aromatic heterocycles. The van der Waals surface area contributed by atoms with Crippen molar-refractivity contribution in [3.05, 3.63) is 35.9 Å². The average molecular weight is 222 g/mol. The Morgan fingerprint density at radius 1 is 1.12 bits per heavy atom. The Balaban J connectivity index is 2.23. The van der Waals surface area contributed by atoms with Gasteiger partial charge in [-0.1, -0.05) is 30.3 Å². The summed E-state index contributed by atoms with van der Waals surface area (Å²) in [5.41, 5.74) is 1.11. The standard InChI is InChI=1S/C14H22O2/c1-12(10-16-14(2,3)4)15-11-13-8-6-5-7-9-13/h5-9,12H,10-11H2,1-4H3/t12-/m0/s1. The van der Waals surface area contributed by atoms with E-state index in [0.717, 1.165) is 0 Å². The average Bonchev–Trinajstić information content (AvgIpc) is 2.24. The predicted molar refractivity (Wildman–Crippen MR) is 66.4 cm³/mol. The Morgan fingerprint density at radius 3 is 2.31 bits per heavy atom. The van der Waals surface area contributed by atoms with Gasteiger partial charge in [0, 0.05) is 0 Å². The summed E-state index contributed by atoms with van der Waals surface area (Å²) in [6.07, 6.45) is 0.124. The SMILES string of the molecule is C[C@@H](COC(C)(C)C)OCc1ccccc1. The zero-order valence-corrected chi connectivity index (χ0v) is 10.7. The lowest BCUT2D eigenvalue weighted by atomic mass is 10.2. The molecule has 1 aromatic rings. The van der Waals surface area contributed by atoms with Crippen molar-refractivity contribution in [1.82, 2.24) is 0 Å². The maximum absolute atomic E-state index is 5.70. The maximum Gasteiger partial charge on any atom is 0.0785 e. The van der Waals surface area contributed by atoms with Crippen LogP contribution in [0.4, 0.5) is 0 Å². The second-order valence-electron chi connectivity index (χ2n) is 5.03. The summed E-state index contributed by atoms with van der Waals surface area (Å²) in [4.78, 5) is 0. The van der Waals surface area contributed by atoms with E-state index in [2.05, 4.69) is 32.9 Å². The predicted octanol–water partition coefficient (Wildman–Crippen LogP) is 3.41. The molecular formula is C14H22O2. The zero-order valence-electron chi connectivity index (χ0n) is 10.7. The van der Waals surface area contributed by atoms with Gasteiger partial charge >= 0.3 is 0 Å². The lowest BCUT2D eigenvalue weighted by Gasteiger charge is -2.22. The molecule has 0 bridgehead atoms. The molecular weight excluding hydrogens is 200 g/mol. The minimum absolute atomic E-state index is 0.0929. The van der Waals surface area contributed by atoms with Crippen LogP contribution < -0.4 is 0 Å². The summed E-state index contributed by atoms with van der Waals surface area (Å²) >= 11 is 0. The molecule has 0 heterocycles. The molecule has 0 aliphatic carbocycles. The minimum atomic E-state index is -0.0929. The van der Waals surface area contributed by atoms with E-state index in [1.165, 1.54) is 5.56 Å². The summed E-state index contributed by atoms with van der Waals surface area (Å²) in [5.74, 6) is 0. The largest absolute Gasteiger partial charge is 0.373 e.